The van der Waals surface area contributed by atoms with Crippen LogP contribution in [0.5, 0.6) is 0 Å². The Bertz CT molecular complexity index is 1450. The number of hydrogen-bond donors (Lipinski definition) is 2. The normalized spacial score (nSPS) is 13.3. The molecule has 0 saturated heterocycles. The van der Waals surface area contributed by atoms with Gasteiger partial charge in [-0.3, -0.25) is 23.7 Å². The van der Waals surface area contributed by atoms with E-state index in [1.54, 1.807) is 60.7 Å². The van der Waals surface area contributed by atoms with Crippen LogP contribution >= 0.6 is 7.60 Å². The van der Waals surface area contributed by atoms with E-state index in [2.05, 4.69) is 0 Å². The minimum atomic E-state index is -4.78. The third kappa shape index (κ3) is 9.59. The summed E-state index contributed by atoms with van der Waals surface area (Å²) in [5.41, 5.74) is 0.819. The maximum Gasteiger partial charge on any atom is 0.334 e. The summed E-state index contributed by atoms with van der Waals surface area (Å²) in [6, 6.07) is 20.6. The number of carbonyl (C=O) groups is 2. The number of nitro benzene ring substituents is 1. The van der Waals surface area contributed by atoms with Gasteiger partial charge in [-0.15, -0.1) is 0 Å². The van der Waals surface area contributed by atoms with Crippen LogP contribution in [0.2, 0.25) is 0 Å². The van der Waals surface area contributed by atoms with E-state index in [0.717, 1.165) is 24.3 Å². The second-order valence-corrected chi connectivity index (χ2v) is 12.4. The third-order valence-corrected chi connectivity index (χ3v) is 8.96. The molecular formula is C26H26NO12PS. The van der Waals surface area contributed by atoms with Gasteiger partial charge in [0, 0.05) is 12.1 Å². The van der Waals surface area contributed by atoms with E-state index < -0.39 is 69.8 Å². The number of nitrogens with zero attached hydrogens (tertiary/aromatic N) is 1. The lowest BCUT2D eigenvalue weighted by atomic mass is 10.0. The molecule has 0 spiro atoms. The number of hydrogen-bond acceptors (Lipinski definition) is 10. The van der Waals surface area contributed by atoms with Gasteiger partial charge < -0.3 is 19.3 Å². The Morgan fingerprint density at radius 1 is 0.829 bits per heavy atom. The molecule has 0 heterocycles. The van der Waals surface area contributed by atoms with Gasteiger partial charge in [0.15, 0.2) is 6.10 Å². The molecule has 41 heavy (non-hydrogen) atoms. The zero-order valence-electron chi connectivity index (χ0n) is 21.3. The van der Waals surface area contributed by atoms with E-state index in [1.165, 1.54) is 0 Å². The second kappa shape index (κ2) is 14.1. The monoisotopic (exact) mass is 607 g/mol. The average molecular weight is 608 g/mol. The number of nitro groups is 1. The Morgan fingerprint density at radius 3 is 1.73 bits per heavy atom. The van der Waals surface area contributed by atoms with Gasteiger partial charge in [-0.25, -0.2) is 4.79 Å². The van der Waals surface area contributed by atoms with Crippen LogP contribution in [0.1, 0.15) is 17.5 Å². The van der Waals surface area contributed by atoms with Crippen LogP contribution < -0.4 is 0 Å². The maximum atomic E-state index is 13.8. The van der Waals surface area contributed by atoms with Crippen molar-refractivity contribution in [2.45, 2.75) is 30.6 Å². The van der Waals surface area contributed by atoms with E-state index in [-0.39, 0.29) is 13.2 Å². The molecule has 0 bridgehead atoms. The van der Waals surface area contributed by atoms with Crippen molar-refractivity contribution in [1.29, 1.82) is 0 Å². The van der Waals surface area contributed by atoms with Gasteiger partial charge >= 0.3 is 19.5 Å². The van der Waals surface area contributed by atoms with Crippen molar-refractivity contribution >= 4 is 35.3 Å². The first kappa shape index (κ1) is 31.6. The summed E-state index contributed by atoms with van der Waals surface area (Å²) < 4.78 is 55.0. The lowest BCUT2D eigenvalue weighted by Crippen LogP contribution is -2.33. The van der Waals surface area contributed by atoms with Crippen molar-refractivity contribution in [2.24, 2.45) is 5.92 Å². The first-order valence-corrected chi connectivity index (χ1v) is 15.1. The molecule has 2 N–H and O–H groups in total. The molecule has 3 rings (SSSR count). The first-order chi connectivity index (χ1) is 19.4. The summed E-state index contributed by atoms with van der Waals surface area (Å²) in [5.74, 6) is -5.10. The van der Waals surface area contributed by atoms with Crippen LogP contribution in [0.15, 0.2) is 89.8 Å². The van der Waals surface area contributed by atoms with Crippen LogP contribution in [0.25, 0.3) is 0 Å². The minimum Gasteiger partial charge on any atom is -0.481 e. The fraction of sp³-hybridized carbons (Fsp3) is 0.231. The van der Waals surface area contributed by atoms with E-state index in [9.17, 15) is 42.9 Å². The number of carboxylic acids is 2. The highest BCUT2D eigenvalue weighted by molar-refractivity contribution is 7.86. The highest BCUT2D eigenvalue weighted by Gasteiger charge is 2.38. The summed E-state index contributed by atoms with van der Waals surface area (Å²) in [7, 11) is -9.00. The highest BCUT2D eigenvalue weighted by Crippen LogP contribution is 2.52. The van der Waals surface area contributed by atoms with Crippen molar-refractivity contribution < 1.29 is 50.9 Å². The number of carboxylic acid groups (broad SMARTS) is 2. The largest absolute Gasteiger partial charge is 0.481 e. The number of non-ortho nitro benzene ring substituents is 1. The van der Waals surface area contributed by atoms with Crippen molar-refractivity contribution in [2.75, 3.05) is 6.16 Å². The molecule has 218 valence electrons. The smallest absolute Gasteiger partial charge is 0.334 e. The van der Waals surface area contributed by atoms with Crippen LogP contribution in [-0.2, 0) is 50.7 Å². The van der Waals surface area contributed by atoms with Crippen LogP contribution in [0.3, 0.4) is 0 Å². The van der Waals surface area contributed by atoms with Crippen molar-refractivity contribution in [1.82, 2.24) is 0 Å². The van der Waals surface area contributed by atoms with E-state index in [4.69, 9.17) is 13.2 Å². The standard InChI is InChI=1S/C26H26NO12PS/c28-25(29)21(15-24(26(30)31)39-41(35,36)23-13-11-22(12-14-23)27(32)33)18-40(34,37-16-19-7-3-1-4-8-19)38-17-20-9-5-2-6-10-20/h1-14,21,24H,15-18H2,(H,28,29)(H,30,31). The van der Waals surface area contributed by atoms with Crippen molar-refractivity contribution in [3.8, 4) is 0 Å². The molecule has 2 atom stereocenters. The molecule has 0 radical (unpaired) electrons. The zero-order valence-corrected chi connectivity index (χ0v) is 23.1. The third-order valence-electron chi connectivity index (χ3n) is 5.69. The van der Waals surface area contributed by atoms with Crippen LogP contribution in [0.4, 0.5) is 5.69 Å². The fourth-order valence-electron chi connectivity index (χ4n) is 3.54. The number of benzene rings is 3. The summed E-state index contributed by atoms with van der Waals surface area (Å²) in [6.07, 6.45) is -3.90. The quantitative estimate of drug-likeness (QED) is 0.100. The van der Waals surface area contributed by atoms with E-state index in [0.29, 0.717) is 11.1 Å². The molecule has 0 aliphatic carbocycles. The topological polar surface area (TPSA) is 197 Å². The summed E-state index contributed by atoms with van der Waals surface area (Å²) in [6.45, 7) is -0.404. The molecule has 13 nitrogen and oxygen atoms in total. The fourth-order valence-corrected chi connectivity index (χ4v) is 6.41. The molecule has 2 unspecified atom stereocenters. The molecule has 3 aromatic rings. The molecule has 0 fully saturated rings. The van der Waals surface area contributed by atoms with E-state index >= 15 is 0 Å². The predicted molar refractivity (Wildman–Crippen MR) is 143 cm³/mol. The molecule has 15 heteroatoms. The second-order valence-electron chi connectivity index (χ2n) is 8.71. The van der Waals surface area contributed by atoms with Crippen molar-refractivity contribution in [3.63, 3.8) is 0 Å². The van der Waals surface area contributed by atoms with Gasteiger partial charge in [-0.2, -0.15) is 8.42 Å². The molecule has 3 aromatic carbocycles. The van der Waals surface area contributed by atoms with Crippen molar-refractivity contribution in [3.05, 3.63) is 106 Å². The minimum absolute atomic E-state index is 0.202. The molecule has 0 aromatic heterocycles. The molecule has 0 aliphatic heterocycles. The van der Waals surface area contributed by atoms with Gasteiger partial charge in [0.2, 0.25) is 0 Å². The SMILES string of the molecule is O=C(O)C(CC(OS(=O)(=O)c1ccc([N+](=O)[O-])cc1)C(=O)O)CP(=O)(OCc1ccccc1)OCc1ccccc1. The molecule has 0 saturated carbocycles. The van der Waals surface area contributed by atoms with Gasteiger partial charge in [-0.1, -0.05) is 60.7 Å². The Hall–Kier alpha value is -3.94. The van der Waals surface area contributed by atoms with Gasteiger partial charge in [0.25, 0.3) is 15.8 Å². The number of rotatable bonds is 16. The lowest BCUT2D eigenvalue weighted by Gasteiger charge is -2.24. The number of aliphatic carboxylic acids is 2. The Balaban J connectivity index is 1.81. The molecular weight excluding hydrogens is 581 g/mol. The van der Waals surface area contributed by atoms with Gasteiger partial charge in [-0.05, 0) is 29.7 Å². The molecule has 0 aliphatic rings. The van der Waals surface area contributed by atoms with Crippen LogP contribution in [0, 0.1) is 16.0 Å². The van der Waals surface area contributed by atoms with E-state index in [1.807, 2.05) is 0 Å². The summed E-state index contributed by atoms with van der Waals surface area (Å²) >= 11 is 0. The average Bonchev–Trinajstić information content (AvgIpc) is 2.95. The Kier molecular flexibility index (Phi) is 10.9. The van der Waals surface area contributed by atoms with Gasteiger partial charge in [0.05, 0.1) is 35.1 Å². The first-order valence-electron chi connectivity index (χ1n) is 12.0. The highest BCUT2D eigenvalue weighted by atomic mass is 32.2. The predicted octanol–water partition coefficient (Wildman–Crippen LogP) is 4.47. The summed E-state index contributed by atoms with van der Waals surface area (Å²) in [4.78, 5) is 33.5. The zero-order chi connectivity index (χ0) is 30.0. The van der Waals surface area contributed by atoms with Gasteiger partial charge in [0.1, 0.15) is 0 Å². The maximum absolute atomic E-state index is 13.8. The molecule has 0 amide bonds. The Morgan fingerprint density at radius 2 is 1.32 bits per heavy atom. The lowest BCUT2D eigenvalue weighted by molar-refractivity contribution is -0.384. The van der Waals surface area contributed by atoms with Crippen LogP contribution in [-0.4, -0.2) is 47.8 Å². The Labute approximate surface area is 235 Å². The summed E-state index contributed by atoms with van der Waals surface area (Å²) in [5, 5.41) is 30.3.